The third kappa shape index (κ3) is 4.80. The number of hydrogen-bond donors (Lipinski definition) is 2. The number of urea groups is 1. The largest absolute Gasteiger partial charge is 0.480 e. The lowest BCUT2D eigenvalue weighted by atomic mass is 10.0. The second kappa shape index (κ2) is 7.29. The van der Waals surface area contributed by atoms with Crippen LogP contribution in [-0.2, 0) is 4.79 Å². The van der Waals surface area contributed by atoms with Crippen molar-refractivity contribution in [3.8, 4) is 6.07 Å². The Balaban J connectivity index is 2.76. The number of amides is 2. The van der Waals surface area contributed by atoms with Crippen LogP contribution in [0.5, 0.6) is 0 Å². The highest BCUT2D eigenvalue weighted by atomic mass is 16.4. The van der Waals surface area contributed by atoms with Crippen LogP contribution in [0.25, 0.3) is 0 Å². The number of nitriles is 1. The van der Waals surface area contributed by atoms with E-state index in [2.05, 4.69) is 5.32 Å². The molecule has 1 aromatic rings. The number of anilines is 1. The number of carbonyl (C=O) groups excluding carboxylic acids is 1. The molecule has 112 valence electrons. The van der Waals surface area contributed by atoms with Gasteiger partial charge < -0.3 is 10.4 Å². The van der Waals surface area contributed by atoms with E-state index >= 15 is 0 Å². The van der Waals surface area contributed by atoms with E-state index in [1.807, 2.05) is 19.9 Å². The number of benzene rings is 1. The van der Waals surface area contributed by atoms with Gasteiger partial charge in [0.15, 0.2) is 0 Å². The number of carboxylic acids is 1. The summed E-state index contributed by atoms with van der Waals surface area (Å²) >= 11 is 0. The van der Waals surface area contributed by atoms with Gasteiger partial charge in [-0.1, -0.05) is 13.8 Å². The first-order chi connectivity index (χ1) is 9.85. The summed E-state index contributed by atoms with van der Waals surface area (Å²) < 4.78 is 0. The quantitative estimate of drug-likeness (QED) is 0.869. The molecule has 0 aliphatic carbocycles. The van der Waals surface area contributed by atoms with Crippen molar-refractivity contribution in [1.82, 2.24) is 5.32 Å². The lowest BCUT2D eigenvalue weighted by Gasteiger charge is -2.22. The Morgan fingerprint density at radius 1 is 1.33 bits per heavy atom. The maximum absolute atomic E-state index is 12.1. The van der Waals surface area contributed by atoms with E-state index < -0.39 is 18.0 Å². The zero-order valence-corrected chi connectivity index (χ0v) is 12.3. The number of carbonyl (C=O) groups is 2. The maximum atomic E-state index is 12.1. The summed E-state index contributed by atoms with van der Waals surface area (Å²) in [6.07, 6.45) is 0.363. The molecule has 21 heavy (non-hydrogen) atoms. The minimum Gasteiger partial charge on any atom is -0.480 e. The summed E-state index contributed by atoms with van der Waals surface area (Å²) in [6.45, 7) is 3.79. The number of carboxylic acid groups (broad SMARTS) is 1. The van der Waals surface area contributed by atoms with Crippen LogP contribution in [0.1, 0.15) is 25.8 Å². The second-order valence-corrected chi connectivity index (χ2v) is 5.19. The van der Waals surface area contributed by atoms with Crippen molar-refractivity contribution in [3.05, 3.63) is 29.8 Å². The number of aliphatic carboxylic acids is 1. The average Bonchev–Trinajstić information content (AvgIpc) is 2.45. The normalized spacial score (nSPS) is 11.6. The predicted molar refractivity (Wildman–Crippen MR) is 79.0 cm³/mol. The number of nitrogens with zero attached hydrogens (tertiary/aromatic N) is 2. The van der Waals surface area contributed by atoms with E-state index in [1.54, 1.807) is 31.3 Å². The molecule has 1 rings (SSSR count). The molecular formula is C15H19N3O3. The molecule has 0 spiro atoms. The molecule has 6 heteroatoms. The van der Waals surface area contributed by atoms with Crippen molar-refractivity contribution in [1.29, 1.82) is 5.26 Å². The van der Waals surface area contributed by atoms with E-state index in [9.17, 15) is 9.59 Å². The fraction of sp³-hybridized carbons (Fsp3) is 0.400. The van der Waals surface area contributed by atoms with Crippen LogP contribution in [0, 0.1) is 17.2 Å². The van der Waals surface area contributed by atoms with Gasteiger partial charge in [-0.2, -0.15) is 5.26 Å². The topological polar surface area (TPSA) is 93.4 Å². The van der Waals surface area contributed by atoms with Crippen LogP contribution in [0.3, 0.4) is 0 Å². The van der Waals surface area contributed by atoms with Gasteiger partial charge in [-0.05, 0) is 36.6 Å². The first-order valence-corrected chi connectivity index (χ1v) is 6.62. The average molecular weight is 289 g/mol. The molecule has 6 nitrogen and oxygen atoms in total. The van der Waals surface area contributed by atoms with Crippen molar-refractivity contribution in [2.24, 2.45) is 5.92 Å². The standard InChI is InChI=1S/C15H19N3O3/c1-10(2)8-13(14(19)20)17-15(21)18(3)12-6-4-11(9-16)5-7-12/h4-7,10,13H,8H2,1-3H3,(H,17,21)(H,19,20)/t13-/m0/s1. The van der Waals surface area contributed by atoms with Gasteiger partial charge in [0, 0.05) is 12.7 Å². The molecule has 0 radical (unpaired) electrons. The molecule has 0 saturated heterocycles. The van der Waals surface area contributed by atoms with Crippen molar-refractivity contribution < 1.29 is 14.7 Å². The molecule has 0 saturated carbocycles. The third-order valence-electron chi connectivity index (χ3n) is 2.99. The minimum absolute atomic E-state index is 0.159. The SMILES string of the molecule is CC(C)C[C@H](NC(=O)N(C)c1ccc(C#N)cc1)C(=O)O. The van der Waals surface area contributed by atoms with Crippen molar-refractivity contribution in [2.45, 2.75) is 26.3 Å². The predicted octanol–water partition coefficient (Wildman–Crippen LogP) is 2.20. The number of nitrogens with one attached hydrogen (secondary N) is 1. The van der Waals surface area contributed by atoms with Gasteiger partial charge in [-0.3, -0.25) is 4.90 Å². The van der Waals surface area contributed by atoms with Gasteiger partial charge in [-0.25, -0.2) is 9.59 Å². The van der Waals surface area contributed by atoms with Crippen LogP contribution < -0.4 is 10.2 Å². The molecule has 0 unspecified atom stereocenters. The summed E-state index contributed by atoms with van der Waals surface area (Å²) in [7, 11) is 1.55. The van der Waals surface area contributed by atoms with Crippen molar-refractivity contribution in [3.63, 3.8) is 0 Å². The van der Waals surface area contributed by atoms with Gasteiger partial charge in [0.1, 0.15) is 6.04 Å². The fourth-order valence-electron chi connectivity index (χ4n) is 1.82. The van der Waals surface area contributed by atoms with Gasteiger partial charge in [0.25, 0.3) is 0 Å². The van der Waals surface area contributed by atoms with E-state index in [0.29, 0.717) is 17.7 Å². The van der Waals surface area contributed by atoms with Gasteiger partial charge >= 0.3 is 12.0 Å². The Hall–Kier alpha value is -2.55. The summed E-state index contributed by atoms with van der Waals surface area (Å²) in [5.41, 5.74) is 1.08. The molecule has 0 aliphatic rings. The van der Waals surface area contributed by atoms with E-state index in [1.165, 1.54) is 4.90 Å². The summed E-state index contributed by atoms with van der Waals surface area (Å²) in [5.74, 6) is -0.892. The Kier molecular flexibility index (Phi) is 5.73. The second-order valence-electron chi connectivity index (χ2n) is 5.19. The molecule has 1 aromatic carbocycles. The Morgan fingerprint density at radius 2 is 1.90 bits per heavy atom. The Labute approximate surface area is 124 Å². The Morgan fingerprint density at radius 3 is 2.33 bits per heavy atom. The minimum atomic E-state index is -1.05. The van der Waals surface area contributed by atoms with Crippen LogP contribution in [0.4, 0.5) is 10.5 Å². The lowest BCUT2D eigenvalue weighted by Crippen LogP contribution is -2.47. The molecule has 2 N–H and O–H groups in total. The third-order valence-corrected chi connectivity index (χ3v) is 2.99. The smallest absolute Gasteiger partial charge is 0.326 e. The van der Waals surface area contributed by atoms with Crippen LogP contribution in [0.2, 0.25) is 0 Å². The van der Waals surface area contributed by atoms with Crippen LogP contribution in [0.15, 0.2) is 24.3 Å². The molecular weight excluding hydrogens is 270 g/mol. The Bertz CT molecular complexity index is 546. The molecule has 0 heterocycles. The van der Waals surface area contributed by atoms with Crippen LogP contribution in [-0.4, -0.2) is 30.2 Å². The number of rotatable bonds is 5. The number of hydrogen-bond acceptors (Lipinski definition) is 3. The molecule has 0 aromatic heterocycles. The van der Waals surface area contributed by atoms with E-state index in [0.717, 1.165) is 0 Å². The highest BCUT2D eigenvalue weighted by Crippen LogP contribution is 2.14. The first kappa shape index (κ1) is 16.5. The molecule has 0 fully saturated rings. The van der Waals surface area contributed by atoms with Gasteiger partial charge in [-0.15, -0.1) is 0 Å². The molecule has 1 atom stereocenters. The monoisotopic (exact) mass is 289 g/mol. The highest BCUT2D eigenvalue weighted by molar-refractivity contribution is 5.94. The van der Waals surface area contributed by atoms with E-state index in [4.69, 9.17) is 10.4 Å². The van der Waals surface area contributed by atoms with Gasteiger partial charge in [0.2, 0.25) is 0 Å². The van der Waals surface area contributed by atoms with Crippen molar-refractivity contribution >= 4 is 17.7 Å². The first-order valence-electron chi connectivity index (χ1n) is 6.62. The molecule has 0 aliphatic heterocycles. The van der Waals surface area contributed by atoms with Gasteiger partial charge in [0.05, 0.1) is 11.6 Å². The molecule has 2 amide bonds. The van der Waals surface area contributed by atoms with Crippen molar-refractivity contribution in [2.75, 3.05) is 11.9 Å². The van der Waals surface area contributed by atoms with E-state index in [-0.39, 0.29) is 5.92 Å². The zero-order valence-electron chi connectivity index (χ0n) is 12.3. The fourth-order valence-corrected chi connectivity index (χ4v) is 1.82. The zero-order chi connectivity index (χ0) is 16.0. The maximum Gasteiger partial charge on any atom is 0.326 e. The summed E-state index contributed by atoms with van der Waals surface area (Å²) in [4.78, 5) is 24.5. The lowest BCUT2D eigenvalue weighted by molar-refractivity contribution is -0.139. The molecule has 0 bridgehead atoms. The summed E-state index contributed by atoms with van der Waals surface area (Å²) in [6, 6.07) is 7.05. The highest BCUT2D eigenvalue weighted by Gasteiger charge is 2.23. The summed E-state index contributed by atoms with van der Waals surface area (Å²) in [5, 5.41) is 20.4. The van der Waals surface area contributed by atoms with Crippen LogP contribution >= 0.6 is 0 Å².